The molecule has 2 bridgehead atoms. The van der Waals surface area contributed by atoms with Gasteiger partial charge in [-0.3, -0.25) is 0 Å². The van der Waals surface area contributed by atoms with Gasteiger partial charge in [0.05, 0.1) is 0 Å². The summed E-state index contributed by atoms with van der Waals surface area (Å²) < 4.78 is 0. The molecule has 0 spiro atoms. The van der Waals surface area contributed by atoms with Gasteiger partial charge in [-0.2, -0.15) is 0 Å². The number of carboxylic acid groups (broad SMARTS) is 1. The Morgan fingerprint density at radius 1 is 1.19 bits per heavy atom. The molecule has 3 rings (SSSR count). The van der Waals surface area contributed by atoms with Gasteiger partial charge in [0.15, 0.2) is 0 Å². The van der Waals surface area contributed by atoms with Crippen molar-refractivity contribution in [2.45, 2.75) is 31.1 Å². The molecule has 1 aromatic rings. The fourth-order valence-corrected chi connectivity index (χ4v) is 3.20. The van der Waals surface area contributed by atoms with Gasteiger partial charge < -0.3 is 15.3 Å². The Balaban J connectivity index is 2.28. The van der Waals surface area contributed by atoms with E-state index in [-0.39, 0.29) is 23.0 Å². The fourth-order valence-electron chi connectivity index (χ4n) is 3.20. The van der Waals surface area contributed by atoms with Crippen LogP contribution in [0.25, 0.3) is 0 Å². The lowest BCUT2D eigenvalue weighted by atomic mass is 9.88. The third-order valence-corrected chi connectivity index (χ3v) is 3.84. The lowest BCUT2D eigenvalue weighted by Crippen LogP contribution is -2.04. The summed E-state index contributed by atoms with van der Waals surface area (Å²) in [4.78, 5) is 10.9. The highest BCUT2D eigenvalue weighted by atomic mass is 16.4. The maximum Gasteiger partial charge on any atom is 0.339 e. The predicted octanol–water partition coefficient (Wildman–Crippen LogP) is 2.16. The number of aromatic hydroxyl groups is 2. The van der Waals surface area contributed by atoms with Crippen molar-refractivity contribution in [3.8, 4) is 11.5 Å². The molecule has 0 heterocycles. The number of phenolic OH excluding ortho intramolecular Hbond substituents is 1. The highest BCUT2D eigenvalue weighted by Gasteiger charge is 2.42. The van der Waals surface area contributed by atoms with Crippen LogP contribution in [0.5, 0.6) is 11.5 Å². The molecule has 4 nitrogen and oxygen atoms in total. The van der Waals surface area contributed by atoms with E-state index in [1.165, 1.54) is 0 Å². The smallest absolute Gasteiger partial charge is 0.339 e. The monoisotopic (exact) mass is 220 g/mol. The van der Waals surface area contributed by atoms with Gasteiger partial charge in [-0.15, -0.1) is 0 Å². The summed E-state index contributed by atoms with van der Waals surface area (Å²) in [5, 5.41) is 28.7. The maximum atomic E-state index is 10.9. The van der Waals surface area contributed by atoms with Gasteiger partial charge in [0.25, 0.3) is 0 Å². The standard InChI is InChI=1S/C12H12O4/c13-8-4-7(12(15)16)11(14)10-6-2-1-5(3-6)9(8)10/h4-6,13-14H,1-3H2,(H,15,16). The molecule has 2 unspecified atom stereocenters. The van der Waals surface area contributed by atoms with Gasteiger partial charge in [0.2, 0.25) is 0 Å². The van der Waals surface area contributed by atoms with Crippen molar-refractivity contribution >= 4 is 5.97 Å². The highest BCUT2D eigenvalue weighted by molar-refractivity contribution is 5.92. The molecule has 3 N–H and O–H groups in total. The van der Waals surface area contributed by atoms with Crippen LogP contribution in [-0.2, 0) is 0 Å². The zero-order valence-corrected chi connectivity index (χ0v) is 8.60. The summed E-state index contributed by atoms with van der Waals surface area (Å²) in [6, 6.07) is 1.16. The number of carbonyl (C=O) groups is 1. The number of phenols is 2. The van der Waals surface area contributed by atoms with Gasteiger partial charge in [-0.25, -0.2) is 4.79 Å². The third-order valence-electron chi connectivity index (χ3n) is 3.84. The normalized spacial score (nSPS) is 25.8. The first-order valence-electron chi connectivity index (χ1n) is 5.41. The second-order valence-corrected chi connectivity index (χ2v) is 4.63. The average molecular weight is 220 g/mol. The zero-order valence-electron chi connectivity index (χ0n) is 8.60. The first-order chi connectivity index (χ1) is 7.59. The van der Waals surface area contributed by atoms with Crippen molar-refractivity contribution in [3.05, 3.63) is 22.8 Å². The van der Waals surface area contributed by atoms with Gasteiger partial charge >= 0.3 is 5.97 Å². The van der Waals surface area contributed by atoms with Crippen LogP contribution in [0.2, 0.25) is 0 Å². The Labute approximate surface area is 92.2 Å². The second kappa shape index (κ2) is 2.90. The van der Waals surface area contributed by atoms with E-state index < -0.39 is 5.97 Å². The van der Waals surface area contributed by atoms with Crippen LogP contribution in [0, 0.1) is 0 Å². The van der Waals surface area contributed by atoms with E-state index in [1.54, 1.807) is 0 Å². The predicted molar refractivity (Wildman–Crippen MR) is 56.1 cm³/mol. The Hall–Kier alpha value is -1.71. The minimum absolute atomic E-state index is 0.0254. The maximum absolute atomic E-state index is 10.9. The summed E-state index contributed by atoms with van der Waals surface area (Å²) in [5.74, 6) is -0.790. The van der Waals surface area contributed by atoms with Crippen LogP contribution in [0.4, 0.5) is 0 Å². The molecule has 84 valence electrons. The minimum atomic E-state index is -1.20. The number of rotatable bonds is 1. The van der Waals surface area contributed by atoms with E-state index in [2.05, 4.69) is 0 Å². The Kier molecular flexibility index (Phi) is 1.73. The van der Waals surface area contributed by atoms with Crippen molar-refractivity contribution in [1.29, 1.82) is 0 Å². The van der Waals surface area contributed by atoms with E-state index in [0.29, 0.717) is 11.5 Å². The van der Waals surface area contributed by atoms with Crippen LogP contribution >= 0.6 is 0 Å². The van der Waals surface area contributed by atoms with E-state index in [0.717, 1.165) is 30.9 Å². The molecule has 2 aliphatic rings. The van der Waals surface area contributed by atoms with Crippen LogP contribution < -0.4 is 0 Å². The SMILES string of the molecule is O=C(O)c1cc(O)c2c(c1O)C1CCC2C1. The first-order valence-corrected chi connectivity index (χ1v) is 5.41. The summed E-state index contributed by atoms with van der Waals surface area (Å²) in [5.41, 5.74) is 1.26. The molecule has 0 aliphatic heterocycles. The largest absolute Gasteiger partial charge is 0.508 e. The van der Waals surface area contributed by atoms with Gasteiger partial charge in [0, 0.05) is 11.1 Å². The number of hydrogen-bond donors (Lipinski definition) is 3. The summed E-state index contributed by atoms with van der Waals surface area (Å²) in [7, 11) is 0. The van der Waals surface area contributed by atoms with Crippen LogP contribution in [-0.4, -0.2) is 21.3 Å². The molecule has 1 aromatic carbocycles. The van der Waals surface area contributed by atoms with Crippen molar-refractivity contribution < 1.29 is 20.1 Å². The van der Waals surface area contributed by atoms with Gasteiger partial charge in [-0.1, -0.05) is 0 Å². The third kappa shape index (κ3) is 1.01. The van der Waals surface area contributed by atoms with E-state index in [4.69, 9.17) is 5.11 Å². The zero-order chi connectivity index (χ0) is 11.4. The Bertz CT molecular complexity index is 492. The van der Waals surface area contributed by atoms with Gasteiger partial charge in [-0.05, 0) is 37.2 Å². The molecule has 0 aromatic heterocycles. The summed E-state index contributed by atoms with van der Waals surface area (Å²) in [6.45, 7) is 0. The molecule has 2 aliphatic carbocycles. The molecule has 1 fully saturated rings. The Morgan fingerprint density at radius 2 is 1.81 bits per heavy atom. The molecule has 1 saturated carbocycles. The summed E-state index contributed by atoms with van der Waals surface area (Å²) >= 11 is 0. The number of carboxylic acids is 1. The van der Waals surface area contributed by atoms with E-state index in [9.17, 15) is 15.0 Å². The second-order valence-electron chi connectivity index (χ2n) is 4.63. The molecule has 0 saturated heterocycles. The van der Waals surface area contributed by atoms with Crippen molar-refractivity contribution in [2.24, 2.45) is 0 Å². The molecular formula is C12H12O4. The topological polar surface area (TPSA) is 77.8 Å². The molecule has 0 amide bonds. The Morgan fingerprint density at radius 3 is 2.44 bits per heavy atom. The number of hydrogen-bond acceptors (Lipinski definition) is 3. The van der Waals surface area contributed by atoms with Crippen molar-refractivity contribution in [1.82, 2.24) is 0 Å². The van der Waals surface area contributed by atoms with Crippen molar-refractivity contribution in [3.63, 3.8) is 0 Å². The first kappa shape index (κ1) is 9.51. The van der Waals surface area contributed by atoms with Crippen molar-refractivity contribution in [2.75, 3.05) is 0 Å². The molecule has 4 heteroatoms. The van der Waals surface area contributed by atoms with Gasteiger partial charge in [0.1, 0.15) is 17.1 Å². The lowest BCUT2D eigenvalue weighted by Gasteiger charge is -2.18. The fraction of sp³-hybridized carbons (Fsp3) is 0.417. The molecule has 2 atom stereocenters. The minimum Gasteiger partial charge on any atom is -0.508 e. The molecule has 0 radical (unpaired) electrons. The highest BCUT2D eigenvalue weighted by Crippen LogP contribution is 2.58. The van der Waals surface area contributed by atoms with Crippen LogP contribution in [0.15, 0.2) is 6.07 Å². The lowest BCUT2D eigenvalue weighted by molar-refractivity contribution is 0.0693. The van der Waals surface area contributed by atoms with Crippen LogP contribution in [0.1, 0.15) is 52.6 Å². The molecular weight excluding hydrogens is 208 g/mol. The van der Waals surface area contributed by atoms with E-state index in [1.807, 2.05) is 0 Å². The van der Waals surface area contributed by atoms with E-state index >= 15 is 0 Å². The molecule has 16 heavy (non-hydrogen) atoms. The quantitative estimate of drug-likeness (QED) is 0.634. The van der Waals surface area contributed by atoms with Crippen LogP contribution in [0.3, 0.4) is 0 Å². The number of fused-ring (bicyclic) bond motifs is 5. The number of benzene rings is 1. The summed E-state index contributed by atoms with van der Waals surface area (Å²) in [6.07, 6.45) is 2.93. The average Bonchev–Trinajstić information content (AvgIpc) is 2.82. The number of aromatic carboxylic acids is 1.